The van der Waals surface area contributed by atoms with E-state index < -0.39 is 20.0 Å². The largest absolute Gasteiger partial charge is 0.756 e. The van der Waals surface area contributed by atoms with E-state index in [1.165, 1.54) is 238 Å². The summed E-state index contributed by atoms with van der Waals surface area (Å²) in [5.41, 5.74) is 0. The zero-order valence-electron chi connectivity index (χ0n) is 44.9. The predicted molar refractivity (Wildman–Crippen MR) is 284 cm³/mol. The van der Waals surface area contributed by atoms with Crippen molar-refractivity contribution in [3.05, 3.63) is 12.2 Å². The topological polar surface area (TPSA) is 108 Å². The molecule has 1 amide bonds. The monoisotopic (exact) mass is 955 g/mol. The van der Waals surface area contributed by atoms with Crippen LogP contribution in [0.5, 0.6) is 0 Å². The van der Waals surface area contributed by atoms with Crippen molar-refractivity contribution in [2.24, 2.45) is 0 Å². The number of nitrogens with one attached hydrogen (secondary N) is 1. The van der Waals surface area contributed by atoms with Gasteiger partial charge in [0.15, 0.2) is 0 Å². The van der Waals surface area contributed by atoms with Gasteiger partial charge in [0.1, 0.15) is 13.2 Å². The molecule has 394 valence electrons. The number of hydrogen-bond acceptors (Lipinski definition) is 6. The van der Waals surface area contributed by atoms with E-state index in [0.29, 0.717) is 17.4 Å². The number of aliphatic hydroxyl groups is 1. The van der Waals surface area contributed by atoms with Crippen LogP contribution in [0, 0.1) is 0 Å². The first-order valence-corrected chi connectivity index (χ1v) is 30.5. The zero-order valence-corrected chi connectivity index (χ0v) is 45.8. The van der Waals surface area contributed by atoms with E-state index >= 15 is 0 Å². The molecule has 0 heterocycles. The van der Waals surface area contributed by atoms with Gasteiger partial charge in [0.05, 0.1) is 39.9 Å². The molecule has 3 atom stereocenters. The molecule has 0 aromatic rings. The summed E-state index contributed by atoms with van der Waals surface area (Å²) in [4.78, 5) is 25.3. The molecule has 66 heavy (non-hydrogen) atoms. The average Bonchev–Trinajstić information content (AvgIpc) is 3.28. The standard InChI is InChI=1S/C57H115N2O6P/c1-6-8-10-12-14-15-16-17-18-19-20-21-22-23-24-25-26-27-28-29-30-31-32-33-34-35-36-37-38-39-40-41-42-43-45-47-49-51-57(61)58-55(56(60)50-48-46-44-13-11-9-7-2)54-65-66(62,63)64-53-52-59(3,4)5/h48,50,55-56,60H,6-47,49,51-54H2,1-5H3,(H-,58,61,62,63)/b50-48+. The van der Waals surface area contributed by atoms with Gasteiger partial charge in [-0.15, -0.1) is 0 Å². The maximum absolute atomic E-state index is 12.8. The summed E-state index contributed by atoms with van der Waals surface area (Å²) in [6.07, 6.45) is 60.7. The first-order valence-electron chi connectivity index (χ1n) is 29.1. The molecule has 0 aliphatic carbocycles. The summed E-state index contributed by atoms with van der Waals surface area (Å²) in [6, 6.07) is -0.879. The molecule has 0 rings (SSSR count). The van der Waals surface area contributed by atoms with E-state index in [1.54, 1.807) is 6.08 Å². The third-order valence-electron chi connectivity index (χ3n) is 13.5. The minimum absolute atomic E-state index is 0.00155. The van der Waals surface area contributed by atoms with Crippen LogP contribution in [0.1, 0.15) is 296 Å². The summed E-state index contributed by atoms with van der Waals surface area (Å²) in [7, 11) is 1.27. The van der Waals surface area contributed by atoms with Gasteiger partial charge < -0.3 is 28.8 Å². The summed E-state index contributed by atoms with van der Waals surface area (Å²) in [5.74, 6) is -0.196. The smallest absolute Gasteiger partial charge is 0.268 e. The Morgan fingerprint density at radius 3 is 1.14 bits per heavy atom. The number of likely N-dealkylation sites (N-methyl/N-ethyl adjacent to an activating group) is 1. The van der Waals surface area contributed by atoms with Gasteiger partial charge in [0, 0.05) is 6.42 Å². The maximum atomic E-state index is 12.8. The molecule has 0 aliphatic heterocycles. The van der Waals surface area contributed by atoms with Crippen LogP contribution in [0.3, 0.4) is 0 Å². The second-order valence-corrected chi connectivity index (χ2v) is 22.8. The lowest BCUT2D eigenvalue weighted by Gasteiger charge is -2.29. The molecule has 3 unspecified atom stereocenters. The van der Waals surface area contributed by atoms with Crippen LogP contribution < -0.4 is 10.2 Å². The van der Waals surface area contributed by atoms with Crippen molar-refractivity contribution in [1.29, 1.82) is 0 Å². The first kappa shape index (κ1) is 65.2. The van der Waals surface area contributed by atoms with E-state index in [-0.39, 0.29) is 19.1 Å². The van der Waals surface area contributed by atoms with Crippen molar-refractivity contribution in [2.45, 2.75) is 309 Å². The fourth-order valence-electron chi connectivity index (χ4n) is 8.92. The van der Waals surface area contributed by atoms with Crippen molar-refractivity contribution < 1.29 is 32.9 Å². The van der Waals surface area contributed by atoms with Crippen molar-refractivity contribution in [2.75, 3.05) is 40.9 Å². The molecule has 0 aromatic heterocycles. The Kier molecular flexibility index (Phi) is 48.7. The Morgan fingerprint density at radius 2 is 0.818 bits per heavy atom. The number of phosphoric acid groups is 1. The fourth-order valence-corrected chi connectivity index (χ4v) is 9.64. The predicted octanol–water partition coefficient (Wildman–Crippen LogP) is 16.8. The molecular formula is C57H115N2O6P. The van der Waals surface area contributed by atoms with Crippen molar-refractivity contribution in [3.8, 4) is 0 Å². The molecule has 0 saturated carbocycles. The Balaban J connectivity index is 3.72. The number of carbonyl (C=O) groups excluding carboxylic acids is 1. The third kappa shape index (κ3) is 51.1. The average molecular weight is 956 g/mol. The Morgan fingerprint density at radius 1 is 0.515 bits per heavy atom. The number of nitrogens with zero attached hydrogens (tertiary/aromatic N) is 1. The molecule has 9 heteroatoms. The summed E-state index contributed by atoms with van der Waals surface area (Å²) < 4.78 is 23.1. The first-order chi connectivity index (χ1) is 32.0. The summed E-state index contributed by atoms with van der Waals surface area (Å²) in [5, 5.41) is 13.7. The van der Waals surface area contributed by atoms with Crippen molar-refractivity contribution in [3.63, 3.8) is 0 Å². The molecule has 0 fully saturated rings. The second kappa shape index (κ2) is 49.2. The van der Waals surface area contributed by atoms with E-state index in [2.05, 4.69) is 19.2 Å². The van der Waals surface area contributed by atoms with E-state index in [0.717, 1.165) is 38.5 Å². The van der Waals surface area contributed by atoms with Gasteiger partial charge in [-0.25, -0.2) is 0 Å². The number of phosphoric ester groups is 1. The van der Waals surface area contributed by atoms with Crippen LogP contribution in [0.4, 0.5) is 0 Å². The quantitative estimate of drug-likeness (QED) is 0.0272. The van der Waals surface area contributed by atoms with Gasteiger partial charge in [-0.3, -0.25) is 9.36 Å². The molecule has 0 spiro atoms. The lowest BCUT2D eigenvalue weighted by atomic mass is 10.0. The van der Waals surface area contributed by atoms with Gasteiger partial charge in [0.2, 0.25) is 5.91 Å². The summed E-state index contributed by atoms with van der Waals surface area (Å²) >= 11 is 0. The molecular weight excluding hydrogens is 840 g/mol. The SMILES string of the molecule is CCCCCCC/C=C/C(O)C(COP(=O)([O-])OCC[N+](C)(C)C)NC(=O)CCCCCCCCCCCCCCCCCCCCCCCCCCCCCCCCCCCCCCC. The molecule has 2 N–H and O–H groups in total. The number of quaternary nitrogens is 1. The van der Waals surface area contributed by atoms with Crippen LogP contribution in [-0.4, -0.2) is 68.5 Å². The van der Waals surface area contributed by atoms with Crippen LogP contribution in [-0.2, 0) is 18.4 Å². The van der Waals surface area contributed by atoms with E-state index in [1.807, 2.05) is 27.2 Å². The zero-order chi connectivity index (χ0) is 48.5. The third-order valence-corrected chi connectivity index (χ3v) is 14.5. The molecule has 0 saturated heterocycles. The molecule has 0 aromatic carbocycles. The number of rotatable bonds is 54. The highest BCUT2D eigenvalue weighted by Gasteiger charge is 2.23. The normalized spacial score (nSPS) is 14.0. The van der Waals surface area contributed by atoms with Gasteiger partial charge in [0.25, 0.3) is 7.82 Å². The fraction of sp³-hybridized carbons (Fsp3) is 0.947. The number of allylic oxidation sites excluding steroid dienone is 1. The highest BCUT2D eigenvalue weighted by Crippen LogP contribution is 2.38. The number of unbranched alkanes of at least 4 members (excludes halogenated alkanes) is 41. The number of amides is 1. The Hall–Kier alpha value is -0.760. The molecule has 0 aliphatic rings. The van der Waals surface area contributed by atoms with Gasteiger partial charge in [-0.1, -0.05) is 283 Å². The van der Waals surface area contributed by atoms with Crippen LogP contribution in [0.25, 0.3) is 0 Å². The lowest BCUT2D eigenvalue weighted by Crippen LogP contribution is -2.45. The van der Waals surface area contributed by atoms with Crippen LogP contribution in [0.2, 0.25) is 0 Å². The molecule has 0 radical (unpaired) electrons. The minimum atomic E-state index is -4.58. The van der Waals surface area contributed by atoms with E-state index in [9.17, 15) is 19.4 Å². The van der Waals surface area contributed by atoms with E-state index in [4.69, 9.17) is 9.05 Å². The van der Waals surface area contributed by atoms with Crippen molar-refractivity contribution in [1.82, 2.24) is 5.32 Å². The Labute approximate surface area is 412 Å². The maximum Gasteiger partial charge on any atom is 0.268 e. The number of hydrogen-bond donors (Lipinski definition) is 2. The van der Waals surface area contributed by atoms with Gasteiger partial charge >= 0.3 is 0 Å². The number of aliphatic hydroxyl groups excluding tert-OH is 1. The molecule has 8 nitrogen and oxygen atoms in total. The highest BCUT2D eigenvalue weighted by atomic mass is 31.2. The Bertz CT molecular complexity index is 1080. The molecule has 0 bridgehead atoms. The second-order valence-electron chi connectivity index (χ2n) is 21.4. The van der Waals surface area contributed by atoms with Gasteiger partial charge in [-0.2, -0.15) is 0 Å². The van der Waals surface area contributed by atoms with Gasteiger partial charge in [-0.05, 0) is 19.3 Å². The minimum Gasteiger partial charge on any atom is -0.756 e. The van der Waals surface area contributed by atoms with Crippen LogP contribution >= 0.6 is 7.82 Å². The number of carbonyl (C=O) groups is 1. The highest BCUT2D eigenvalue weighted by molar-refractivity contribution is 7.45. The summed E-state index contributed by atoms with van der Waals surface area (Å²) in [6.45, 7) is 4.62. The lowest BCUT2D eigenvalue weighted by molar-refractivity contribution is -0.870. The van der Waals surface area contributed by atoms with Crippen LogP contribution in [0.15, 0.2) is 12.2 Å². The van der Waals surface area contributed by atoms with Crippen molar-refractivity contribution >= 4 is 13.7 Å².